The zero-order valence-corrected chi connectivity index (χ0v) is 12.0. The average Bonchev–Trinajstić information content (AvgIpc) is 2.36. The maximum atomic E-state index is 14.2. The molecule has 0 radical (unpaired) electrons. The van der Waals surface area contributed by atoms with E-state index >= 15 is 0 Å². The van der Waals surface area contributed by atoms with Crippen molar-refractivity contribution in [3.63, 3.8) is 0 Å². The second-order valence-electron chi connectivity index (χ2n) is 5.97. The van der Waals surface area contributed by atoms with Crippen LogP contribution in [0.15, 0.2) is 18.2 Å². The molecule has 0 aromatic heterocycles. The molecule has 0 unspecified atom stereocenters. The molecule has 1 aliphatic rings. The van der Waals surface area contributed by atoms with Gasteiger partial charge in [0.15, 0.2) is 0 Å². The van der Waals surface area contributed by atoms with Crippen LogP contribution in [0.5, 0.6) is 0 Å². The van der Waals surface area contributed by atoms with Crippen molar-refractivity contribution in [2.75, 3.05) is 6.54 Å². The molecule has 0 saturated heterocycles. The number of fused-ring (bicyclic) bond motifs is 1. The van der Waals surface area contributed by atoms with Crippen molar-refractivity contribution in [2.24, 2.45) is 0 Å². The van der Waals surface area contributed by atoms with Gasteiger partial charge in [-0.3, -0.25) is 0 Å². The molecule has 0 aliphatic carbocycles. The number of hydrogen-bond donors (Lipinski definition) is 1. The number of carbonyl (C=O) groups excluding carboxylic acids is 1. The summed E-state index contributed by atoms with van der Waals surface area (Å²) in [5, 5.41) is 9.33. The van der Waals surface area contributed by atoms with Gasteiger partial charge in [0.1, 0.15) is 11.8 Å². The summed E-state index contributed by atoms with van der Waals surface area (Å²) >= 11 is 0. The van der Waals surface area contributed by atoms with Gasteiger partial charge in [-0.15, -0.1) is 0 Å². The van der Waals surface area contributed by atoms with Gasteiger partial charge in [0.25, 0.3) is 0 Å². The molecule has 1 amide bonds. The molecule has 5 heteroatoms. The first-order valence-electron chi connectivity index (χ1n) is 6.65. The third-order valence-electron chi connectivity index (χ3n) is 3.20. The second-order valence-corrected chi connectivity index (χ2v) is 5.97. The maximum Gasteiger partial charge on any atom is 0.410 e. The number of rotatable bonds is 1. The predicted octanol–water partition coefficient (Wildman–Crippen LogP) is 2.94. The zero-order valence-electron chi connectivity index (χ0n) is 12.0. The molecule has 0 fully saturated rings. The smallest absolute Gasteiger partial charge is 0.410 e. The minimum absolute atomic E-state index is 0.0171. The minimum atomic E-state index is -1.25. The van der Waals surface area contributed by atoms with Gasteiger partial charge >= 0.3 is 6.09 Å². The van der Waals surface area contributed by atoms with Gasteiger partial charge in [-0.05, 0) is 37.5 Å². The number of benzene rings is 1. The Morgan fingerprint density at radius 2 is 2.20 bits per heavy atom. The number of ether oxygens (including phenoxy) is 1. The van der Waals surface area contributed by atoms with Gasteiger partial charge in [0.05, 0.1) is 13.2 Å². The number of carbonyl (C=O) groups is 1. The summed E-state index contributed by atoms with van der Waals surface area (Å²) in [6.45, 7) is 5.40. The number of halogens is 1. The summed E-state index contributed by atoms with van der Waals surface area (Å²) in [7, 11) is 0. The second kappa shape index (κ2) is 5.40. The Morgan fingerprint density at radius 1 is 1.50 bits per heavy atom. The van der Waals surface area contributed by atoms with E-state index in [0.29, 0.717) is 16.7 Å². The van der Waals surface area contributed by atoms with Crippen molar-refractivity contribution in [1.29, 1.82) is 0 Å². The van der Waals surface area contributed by atoms with Crippen molar-refractivity contribution in [1.82, 2.24) is 4.90 Å². The minimum Gasteiger partial charge on any atom is -0.444 e. The molecule has 1 N–H and O–H groups in total. The van der Waals surface area contributed by atoms with Crippen LogP contribution in [0.3, 0.4) is 0 Å². The monoisotopic (exact) mass is 281 g/mol. The highest BCUT2D eigenvalue weighted by molar-refractivity contribution is 5.69. The predicted molar refractivity (Wildman–Crippen MR) is 72.9 cm³/mol. The lowest BCUT2D eigenvalue weighted by Crippen LogP contribution is -2.41. The van der Waals surface area contributed by atoms with Crippen LogP contribution < -0.4 is 0 Å². The fourth-order valence-electron chi connectivity index (χ4n) is 2.30. The van der Waals surface area contributed by atoms with Crippen LogP contribution in [0.4, 0.5) is 9.18 Å². The Kier molecular flexibility index (Phi) is 3.99. The SMILES string of the molecule is CC(C)(C)OC(=O)N1Cc2c(CO)cccc2[C@H](F)C1. The van der Waals surface area contributed by atoms with E-state index in [0.717, 1.165) is 0 Å². The standard InChI is InChI=1S/C15H20FNO3/c1-15(2,3)20-14(19)17-7-12-10(9-18)5-4-6-11(12)13(16)8-17/h4-6,13,18H,7-9H2,1-3H3/t13-/m1/s1. The van der Waals surface area contributed by atoms with E-state index in [1.54, 1.807) is 39.0 Å². The highest BCUT2D eigenvalue weighted by atomic mass is 19.1. The lowest BCUT2D eigenvalue weighted by atomic mass is 9.94. The third kappa shape index (κ3) is 3.10. The number of alkyl halides is 1. The normalized spacial score (nSPS) is 18.6. The summed E-state index contributed by atoms with van der Waals surface area (Å²) in [6, 6.07) is 5.16. The summed E-state index contributed by atoms with van der Waals surface area (Å²) in [4.78, 5) is 13.4. The fraction of sp³-hybridized carbons (Fsp3) is 0.533. The van der Waals surface area contributed by atoms with Crippen molar-refractivity contribution < 1.29 is 19.0 Å². The number of aliphatic hydroxyl groups is 1. The molecule has 110 valence electrons. The van der Waals surface area contributed by atoms with Gasteiger partial charge in [0, 0.05) is 6.54 Å². The first-order chi connectivity index (χ1) is 9.31. The first kappa shape index (κ1) is 14.8. The van der Waals surface area contributed by atoms with Gasteiger partial charge in [-0.2, -0.15) is 0 Å². The van der Waals surface area contributed by atoms with Crippen molar-refractivity contribution in [3.05, 3.63) is 34.9 Å². The number of nitrogens with zero attached hydrogens (tertiary/aromatic N) is 1. The summed E-state index contributed by atoms with van der Waals surface area (Å²) < 4.78 is 19.5. The number of amides is 1. The van der Waals surface area contributed by atoms with Crippen LogP contribution in [0, 0.1) is 0 Å². The zero-order chi connectivity index (χ0) is 14.9. The largest absolute Gasteiger partial charge is 0.444 e. The molecule has 1 heterocycles. The quantitative estimate of drug-likeness (QED) is 0.861. The number of hydrogen-bond acceptors (Lipinski definition) is 3. The summed E-state index contributed by atoms with van der Waals surface area (Å²) in [6.07, 6.45) is -1.78. The van der Waals surface area contributed by atoms with Crippen LogP contribution in [0.1, 0.15) is 43.6 Å². The van der Waals surface area contributed by atoms with Crippen LogP contribution in [-0.4, -0.2) is 28.2 Å². The Labute approximate surface area is 118 Å². The third-order valence-corrected chi connectivity index (χ3v) is 3.20. The van der Waals surface area contributed by atoms with Crippen LogP contribution in [0.25, 0.3) is 0 Å². The molecular weight excluding hydrogens is 261 g/mol. The maximum absolute atomic E-state index is 14.2. The molecule has 2 rings (SSSR count). The van der Waals surface area contributed by atoms with Crippen molar-refractivity contribution in [3.8, 4) is 0 Å². The molecule has 20 heavy (non-hydrogen) atoms. The van der Waals surface area contributed by atoms with E-state index in [1.165, 1.54) is 4.90 Å². The van der Waals surface area contributed by atoms with Crippen LogP contribution in [0.2, 0.25) is 0 Å². The van der Waals surface area contributed by atoms with Gasteiger partial charge in [-0.25, -0.2) is 9.18 Å². The van der Waals surface area contributed by atoms with Crippen LogP contribution in [-0.2, 0) is 17.9 Å². The van der Waals surface area contributed by atoms with E-state index in [9.17, 15) is 14.3 Å². The van der Waals surface area contributed by atoms with Crippen molar-refractivity contribution in [2.45, 2.75) is 45.7 Å². The Bertz CT molecular complexity index is 510. The van der Waals surface area contributed by atoms with Gasteiger partial charge in [-0.1, -0.05) is 18.2 Å². The Balaban J connectivity index is 2.24. The highest BCUT2D eigenvalue weighted by Crippen LogP contribution is 2.32. The lowest BCUT2D eigenvalue weighted by Gasteiger charge is -2.33. The lowest BCUT2D eigenvalue weighted by molar-refractivity contribution is 0.0157. The number of aliphatic hydroxyl groups excluding tert-OH is 1. The molecule has 1 aromatic rings. The highest BCUT2D eigenvalue weighted by Gasteiger charge is 2.31. The van der Waals surface area contributed by atoms with E-state index in [-0.39, 0.29) is 19.7 Å². The first-order valence-corrected chi connectivity index (χ1v) is 6.65. The summed E-state index contributed by atoms with van der Waals surface area (Å²) in [5.41, 5.74) is 1.27. The molecule has 1 aliphatic heterocycles. The topological polar surface area (TPSA) is 49.8 Å². The molecule has 0 bridgehead atoms. The molecular formula is C15H20FNO3. The van der Waals surface area contributed by atoms with E-state index in [2.05, 4.69) is 0 Å². The van der Waals surface area contributed by atoms with E-state index in [4.69, 9.17) is 4.74 Å². The van der Waals surface area contributed by atoms with Gasteiger partial charge in [0.2, 0.25) is 0 Å². The Hall–Kier alpha value is -1.62. The average molecular weight is 281 g/mol. The van der Waals surface area contributed by atoms with E-state index in [1.807, 2.05) is 0 Å². The molecule has 0 saturated carbocycles. The Morgan fingerprint density at radius 3 is 2.80 bits per heavy atom. The molecule has 1 aromatic carbocycles. The molecule has 0 spiro atoms. The molecule has 4 nitrogen and oxygen atoms in total. The van der Waals surface area contributed by atoms with E-state index < -0.39 is 17.9 Å². The van der Waals surface area contributed by atoms with Crippen molar-refractivity contribution >= 4 is 6.09 Å². The fourth-order valence-corrected chi connectivity index (χ4v) is 2.30. The van der Waals surface area contributed by atoms with Crippen LogP contribution >= 0.6 is 0 Å². The summed E-state index contributed by atoms with van der Waals surface area (Å²) in [5.74, 6) is 0. The van der Waals surface area contributed by atoms with Gasteiger partial charge < -0.3 is 14.7 Å². The molecule has 1 atom stereocenters.